The molecule has 0 heterocycles. The highest BCUT2D eigenvalue weighted by molar-refractivity contribution is 7.89. The van der Waals surface area contributed by atoms with Crippen LogP contribution in [0.5, 0.6) is 0 Å². The number of carbonyl (C=O) groups is 1. The van der Waals surface area contributed by atoms with Crippen molar-refractivity contribution >= 4 is 62.5 Å². The lowest BCUT2D eigenvalue weighted by Crippen LogP contribution is -2.45. The van der Waals surface area contributed by atoms with Crippen LogP contribution in [0, 0.1) is 6.92 Å². The van der Waals surface area contributed by atoms with Gasteiger partial charge in [-0.05, 0) is 73.0 Å². The van der Waals surface area contributed by atoms with E-state index >= 15 is 0 Å². The number of para-hydroxylation sites is 1. The van der Waals surface area contributed by atoms with Crippen LogP contribution in [0.1, 0.15) is 30.5 Å². The highest BCUT2D eigenvalue weighted by Crippen LogP contribution is 2.23. The van der Waals surface area contributed by atoms with E-state index in [-0.39, 0.29) is 10.0 Å². The number of benzene rings is 2. The fourth-order valence-corrected chi connectivity index (χ4v) is 4.16. The summed E-state index contributed by atoms with van der Waals surface area (Å²) in [5.74, 6) is 0. The smallest absolute Gasteiger partial charge is 0.242 e. The van der Waals surface area contributed by atoms with Gasteiger partial charge in [-0.1, -0.05) is 38.1 Å². The number of hydrazine groups is 1. The van der Waals surface area contributed by atoms with Crippen LogP contribution < -0.4 is 21.5 Å². The first-order valence-corrected chi connectivity index (χ1v) is 13.5. The van der Waals surface area contributed by atoms with Crippen molar-refractivity contribution in [3.05, 3.63) is 53.1 Å². The molecule has 0 unspecified atom stereocenters. The van der Waals surface area contributed by atoms with E-state index in [0.717, 1.165) is 30.5 Å². The van der Waals surface area contributed by atoms with Crippen LogP contribution in [-0.4, -0.2) is 62.4 Å². The minimum atomic E-state index is -3.54. The molecule has 12 heteroatoms. The molecular weight excluding hydrogens is 517 g/mol. The Labute approximate surface area is 225 Å². The van der Waals surface area contributed by atoms with Crippen molar-refractivity contribution < 1.29 is 13.2 Å². The molecule has 0 bridgehead atoms. The van der Waals surface area contributed by atoms with Gasteiger partial charge in [-0.3, -0.25) is 15.6 Å². The maximum atomic E-state index is 12.4. The number of nitrogens with one attached hydrogen (secondary N) is 4. The van der Waals surface area contributed by atoms with Gasteiger partial charge in [-0.15, -0.1) is 0 Å². The Morgan fingerprint density at radius 2 is 1.42 bits per heavy atom. The first kappa shape index (κ1) is 31.2. The van der Waals surface area contributed by atoms with Crippen LogP contribution in [0.25, 0.3) is 0 Å². The topological polar surface area (TPSA) is 106 Å². The number of anilines is 2. The largest absolute Gasteiger partial charge is 0.351 e. The van der Waals surface area contributed by atoms with E-state index in [1.54, 1.807) is 32.3 Å². The summed E-state index contributed by atoms with van der Waals surface area (Å²) in [5, 5.41) is 6.88. The first-order chi connectivity index (χ1) is 16.9. The van der Waals surface area contributed by atoms with E-state index in [1.165, 1.54) is 34.4 Å². The minimum absolute atomic E-state index is 0.182. The number of rotatable bonds is 7. The highest BCUT2D eigenvalue weighted by Gasteiger charge is 2.18. The van der Waals surface area contributed by atoms with Crippen LogP contribution in [0.3, 0.4) is 0 Å². The second-order valence-corrected chi connectivity index (χ2v) is 11.1. The summed E-state index contributed by atoms with van der Waals surface area (Å²) in [7, 11) is 2.82. The fraction of sp³-hybridized carbons (Fsp3) is 0.375. The maximum Gasteiger partial charge on any atom is 0.242 e. The van der Waals surface area contributed by atoms with Gasteiger partial charge < -0.3 is 15.5 Å². The Kier molecular flexibility index (Phi) is 12.7. The van der Waals surface area contributed by atoms with Gasteiger partial charge in [0, 0.05) is 39.6 Å². The molecule has 0 radical (unpaired) electrons. The second kappa shape index (κ2) is 14.7. The first-order valence-electron chi connectivity index (χ1n) is 11.3. The van der Waals surface area contributed by atoms with E-state index in [2.05, 4.69) is 47.5 Å². The molecule has 2 aromatic carbocycles. The van der Waals surface area contributed by atoms with E-state index in [9.17, 15) is 13.2 Å². The lowest BCUT2D eigenvalue weighted by atomic mass is 10.0. The predicted molar refractivity (Wildman–Crippen MR) is 156 cm³/mol. The van der Waals surface area contributed by atoms with E-state index < -0.39 is 10.0 Å². The molecule has 0 atom stereocenters. The summed E-state index contributed by atoms with van der Waals surface area (Å²) in [4.78, 5) is 11.1. The molecule has 0 saturated heterocycles. The number of amides is 1. The monoisotopic (exact) mass is 552 g/mol. The molecular formula is C24H36N6O3S3. The molecule has 0 aliphatic rings. The average molecular weight is 553 g/mol. The Bertz CT molecular complexity index is 1150. The van der Waals surface area contributed by atoms with Crippen LogP contribution >= 0.6 is 24.4 Å². The number of thiocarbonyl (C=S) groups is 2. The van der Waals surface area contributed by atoms with Crippen LogP contribution in [0.4, 0.5) is 11.4 Å². The molecule has 0 aliphatic heterocycles. The van der Waals surface area contributed by atoms with Gasteiger partial charge in [-0.2, -0.15) is 0 Å². The Morgan fingerprint density at radius 1 is 0.917 bits per heavy atom. The molecule has 4 N–H and O–H groups in total. The summed E-state index contributed by atoms with van der Waals surface area (Å²) in [5.41, 5.74) is 10.5. The van der Waals surface area contributed by atoms with Gasteiger partial charge >= 0.3 is 0 Å². The van der Waals surface area contributed by atoms with Crippen LogP contribution in [-0.2, 0) is 27.7 Å². The summed E-state index contributed by atoms with van der Waals surface area (Å²) >= 11 is 10.7. The average Bonchev–Trinajstić information content (AvgIpc) is 2.84. The number of sulfonamides is 1. The van der Waals surface area contributed by atoms with Crippen LogP contribution in [0.2, 0.25) is 0 Å². The molecule has 0 spiro atoms. The highest BCUT2D eigenvalue weighted by atomic mass is 32.2. The molecule has 9 nitrogen and oxygen atoms in total. The Morgan fingerprint density at radius 3 is 1.86 bits per heavy atom. The quantitative estimate of drug-likeness (QED) is 0.234. The SMILES string of the molecule is CCc1cccc(CC)c1NC(=S)NNC(=S)Nc1cc(S(=O)(=O)N(C)C)ccc1C.CN(C)C=O. The number of aryl methyl sites for hydroxylation is 3. The predicted octanol–water partition coefficient (Wildman–Crippen LogP) is 3.26. The summed E-state index contributed by atoms with van der Waals surface area (Å²) in [6, 6.07) is 11.0. The third kappa shape index (κ3) is 9.34. The molecule has 36 heavy (non-hydrogen) atoms. The zero-order chi connectivity index (χ0) is 27.5. The second-order valence-electron chi connectivity index (χ2n) is 8.15. The van der Waals surface area contributed by atoms with Gasteiger partial charge in [0.25, 0.3) is 0 Å². The van der Waals surface area contributed by atoms with Gasteiger partial charge in [0.2, 0.25) is 16.4 Å². The standard InChI is InChI=1S/C21H29N5O2S3.C3H7NO/c1-6-15-9-8-10-16(7-2)19(15)23-21(30)25-24-20(29)22-18-13-17(12-11-14(18)3)31(27,28)26(4)5;1-4(2)3-5/h8-13H,6-7H2,1-5H3,(H2,22,24,29)(H2,23,25,30);3H,1-2H3. The lowest BCUT2D eigenvalue weighted by molar-refractivity contribution is -0.115. The maximum absolute atomic E-state index is 12.4. The molecule has 198 valence electrons. The molecule has 1 amide bonds. The minimum Gasteiger partial charge on any atom is -0.351 e. The summed E-state index contributed by atoms with van der Waals surface area (Å²) < 4.78 is 25.9. The van der Waals surface area contributed by atoms with Crippen molar-refractivity contribution in [2.75, 3.05) is 38.8 Å². The van der Waals surface area contributed by atoms with Gasteiger partial charge in [0.05, 0.1) is 4.90 Å². The van der Waals surface area contributed by atoms with Gasteiger partial charge in [-0.25, -0.2) is 12.7 Å². The van der Waals surface area contributed by atoms with Crippen molar-refractivity contribution in [1.82, 2.24) is 20.1 Å². The lowest BCUT2D eigenvalue weighted by Gasteiger charge is -2.19. The Balaban J connectivity index is 0.00000118. The molecule has 0 saturated carbocycles. The molecule has 0 aromatic heterocycles. The van der Waals surface area contributed by atoms with Crippen molar-refractivity contribution in [3.63, 3.8) is 0 Å². The van der Waals surface area contributed by atoms with E-state index in [1.807, 2.05) is 13.0 Å². The van der Waals surface area contributed by atoms with Gasteiger partial charge in [0.15, 0.2) is 10.2 Å². The van der Waals surface area contributed by atoms with Crippen LogP contribution in [0.15, 0.2) is 41.3 Å². The van der Waals surface area contributed by atoms with Crippen molar-refractivity contribution in [3.8, 4) is 0 Å². The Hall–Kier alpha value is -2.80. The van der Waals surface area contributed by atoms with Crippen molar-refractivity contribution in [2.45, 2.75) is 38.5 Å². The normalized spacial score (nSPS) is 10.6. The summed E-state index contributed by atoms with van der Waals surface area (Å²) in [6.07, 6.45) is 2.52. The van der Waals surface area contributed by atoms with E-state index in [0.29, 0.717) is 10.8 Å². The number of nitrogens with zero attached hydrogens (tertiary/aromatic N) is 2. The summed E-state index contributed by atoms with van der Waals surface area (Å²) in [6.45, 7) is 6.06. The zero-order valence-electron chi connectivity index (χ0n) is 21.8. The molecule has 2 aromatic rings. The molecule has 0 aliphatic carbocycles. The molecule has 2 rings (SSSR count). The zero-order valence-corrected chi connectivity index (χ0v) is 24.2. The third-order valence-electron chi connectivity index (χ3n) is 4.97. The number of carbonyl (C=O) groups excluding carboxylic acids is 1. The number of hydrogen-bond acceptors (Lipinski definition) is 5. The molecule has 0 fully saturated rings. The van der Waals surface area contributed by atoms with Crippen molar-refractivity contribution in [1.29, 1.82) is 0 Å². The third-order valence-corrected chi connectivity index (χ3v) is 7.19. The fourth-order valence-electron chi connectivity index (χ4n) is 2.92. The number of hydrogen-bond donors (Lipinski definition) is 4. The van der Waals surface area contributed by atoms with E-state index in [4.69, 9.17) is 24.4 Å². The van der Waals surface area contributed by atoms with Gasteiger partial charge in [0.1, 0.15) is 0 Å². The van der Waals surface area contributed by atoms with Crippen molar-refractivity contribution in [2.24, 2.45) is 0 Å².